The summed E-state index contributed by atoms with van der Waals surface area (Å²) in [4.78, 5) is 28.3. The third-order valence-electron chi connectivity index (χ3n) is 22.6. The highest BCUT2D eigenvalue weighted by Crippen LogP contribution is 2.51. The second-order valence-corrected chi connectivity index (χ2v) is 31.8. The van der Waals surface area contributed by atoms with Crippen LogP contribution in [0.1, 0.15) is 207 Å². The number of rotatable bonds is 28. The zero-order valence-electron chi connectivity index (χ0n) is 67.4. The van der Waals surface area contributed by atoms with Gasteiger partial charge in [-0.1, -0.05) is 207 Å². The Hall–Kier alpha value is -11.4. The van der Waals surface area contributed by atoms with E-state index in [0.29, 0.717) is 45.6 Å². The van der Waals surface area contributed by atoms with E-state index in [9.17, 15) is 15.8 Å². The predicted octanol–water partition coefficient (Wildman–Crippen LogP) is 25.7. The number of unbranched alkanes of at least 4 members (excludes halogenated alkanes) is 4. The van der Waals surface area contributed by atoms with E-state index in [1.807, 2.05) is 26.0 Å². The lowest BCUT2D eigenvalue weighted by molar-refractivity contribution is -0.527. The minimum absolute atomic E-state index is 0.0161. The normalized spacial score (nSPS) is 16.9. The number of amidine groups is 1. The van der Waals surface area contributed by atoms with Gasteiger partial charge < -0.3 is 19.5 Å². The Bertz CT molecular complexity index is 5160. The third-order valence-corrected chi connectivity index (χ3v) is 23.1. The van der Waals surface area contributed by atoms with Crippen molar-refractivity contribution in [2.24, 2.45) is 15.9 Å². The summed E-state index contributed by atoms with van der Waals surface area (Å²) in [5.41, 5.74) is 19.3. The minimum Gasteiger partial charge on any atom is -0.372 e. The molecule has 0 N–H and O–H groups in total. The molecule has 1 aliphatic carbocycles. The van der Waals surface area contributed by atoms with E-state index in [-0.39, 0.29) is 62.9 Å². The summed E-state index contributed by atoms with van der Waals surface area (Å²) in [6, 6.07) is 55.7. The smallest absolute Gasteiger partial charge is 0.272 e. The van der Waals surface area contributed by atoms with Crippen molar-refractivity contribution in [3.8, 4) is 18.2 Å². The van der Waals surface area contributed by atoms with Gasteiger partial charge in [0.05, 0.1) is 31.0 Å². The molecular formula is C98H103Cl2N12+. The lowest BCUT2D eigenvalue weighted by Crippen LogP contribution is -2.53. The Balaban J connectivity index is 1.03. The lowest BCUT2D eigenvalue weighted by Gasteiger charge is -2.52. The van der Waals surface area contributed by atoms with Crippen molar-refractivity contribution >= 4 is 91.2 Å². The zero-order valence-corrected chi connectivity index (χ0v) is 68.9. The summed E-state index contributed by atoms with van der Waals surface area (Å²) in [6.07, 6.45) is 25.9. The maximum Gasteiger partial charge on any atom is 0.272 e. The number of fused-ring (bicyclic) bond motifs is 2. The van der Waals surface area contributed by atoms with Crippen LogP contribution in [-0.4, -0.2) is 59.1 Å². The summed E-state index contributed by atoms with van der Waals surface area (Å²) in [5.74, 6) is 0.489. The monoisotopic (exact) mass is 1520 g/mol. The van der Waals surface area contributed by atoms with Crippen molar-refractivity contribution < 1.29 is 4.58 Å². The number of halogens is 2. The van der Waals surface area contributed by atoms with E-state index in [4.69, 9.17) is 52.9 Å². The number of nitrogens with zero attached hydrogens (tertiary/aromatic N) is 12. The van der Waals surface area contributed by atoms with Crippen molar-refractivity contribution in [2.75, 3.05) is 40.9 Å². The van der Waals surface area contributed by atoms with Crippen molar-refractivity contribution in [3.63, 3.8) is 0 Å². The number of hydrogen-bond acceptors (Lipinski definition) is 8. The highest BCUT2D eigenvalue weighted by Gasteiger charge is 2.43. The fourth-order valence-corrected chi connectivity index (χ4v) is 16.0. The van der Waals surface area contributed by atoms with Crippen LogP contribution in [-0.2, 0) is 13.1 Å². The molecule has 3 aliphatic rings. The Labute approximate surface area is 676 Å². The number of aryl methyl sites for hydroxylation is 2. The number of hydrogen-bond donors (Lipinski definition) is 0. The van der Waals surface area contributed by atoms with Gasteiger partial charge in [0.1, 0.15) is 24.9 Å². The molecule has 2 aliphatic heterocycles. The number of aliphatic imine (C=N–C) groups is 2. The van der Waals surface area contributed by atoms with Gasteiger partial charge in [0.25, 0.3) is 17.2 Å². The Morgan fingerprint density at radius 2 is 1.04 bits per heavy atom. The second-order valence-electron chi connectivity index (χ2n) is 31.0. The van der Waals surface area contributed by atoms with Crippen LogP contribution in [0.5, 0.6) is 0 Å². The highest BCUT2D eigenvalue weighted by atomic mass is 35.5. The summed E-state index contributed by atoms with van der Waals surface area (Å²) >= 11 is 12.5. The fraction of sp³-hybridized carbons (Fsp3) is 0.337. The molecule has 0 radical (unpaired) electrons. The van der Waals surface area contributed by atoms with Crippen LogP contribution in [0, 0.1) is 73.5 Å². The number of anilines is 3. The van der Waals surface area contributed by atoms with Gasteiger partial charge >= 0.3 is 0 Å². The molecule has 7 aromatic rings. The molecule has 0 saturated carbocycles. The molecule has 112 heavy (non-hydrogen) atoms. The van der Waals surface area contributed by atoms with E-state index < -0.39 is 0 Å². The molecule has 2 heterocycles. The molecule has 0 aromatic heterocycles. The van der Waals surface area contributed by atoms with E-state index in [2.05, 4.69) is 256 Å². The van der Waals surface area contributed by atoms with Crippen molar-refractivity contribution in [1.82, 2.24) is 0 Å². The standard InChI is InChI=1S/C98H103Cl2N12/c1-17-21-52-109(53-22-18-2)81-48-40-75(41-49-81)83(73-32-28-71(29-33-73)64-111-92-56-67(6)88(58-85(92)68(7)60-97(111,10)11)108-96(106-16)95(90(62-102)105-15)78-38-46-80(100)47-39-78)26-25-27-84(76-42-50-82(51-43-76)110(54-23-19-3)55-24-20-4)74-34-30-72(31-35-74)65-112-93-57-66(5)87(59-86(93)69(8)70(9)98(112,12)13)107-91(63-103)94(89(61-101)104-14)77-36-44-79(99)45-37-77/h25-51,56-59,68-70H,17-24,52-55,60,64-65H2,1-13H3/q+1. The Morgan fingerprint density at radius 3 is 1.55 bits per heavy atom. The summed E-state index contributed by atoms with van der Waals surface area (Å²) < 4.78 is 2.54. The van der Waals surface area contributed by atoms with E-state index >= 15 is 0 Å². The van der Waals surface area contributed by atoms with Gasteiger partial charge in [-0.05, 0) is 224 Å². The van der Waals surface area contributed by atoms with Crippen molar-refractivity contribution in [1.29, 1.82) is 15.8 Å². The Morgan fingerprint density at radius 1 is 0.571 bits per heavy atom. The topological polar surface area (TPSA) is 122 Å². The molecule has 0 spiro atoms. The molecule has 3 unspecified atom stereocenters. The summed E-state index contributed by atoms with van der Waals surface area (Å²) in [7, 11) is 0. The Kier molecular flexibility index (Phi) is 28.2. The average molecular weight is 1520 g/mol. The molecule has 3 atom stereocenters. The van der Waals surface area contributed by atoms with Crippen LogP contribution in [0.2, 0.25) is 10.0 Å². The molecule has 0 saturated heterocycles. The molecular weight excluding hydrogens is 1420 g/mol. The van der Waals surface area contributed by atoms with Gasteiger partial charge in [-0.25, -0.2) is 29.8 Å². The van der Waals surface area contributed by atoms with Gasteiger partial charge in [0.2, 0.25) is 0 Å². The first-order valence-electron chi connectivity index (χ1n) is 39.5. The van der Waals surface area contributed by atoms with Crippen LogP contribution in [0.25, 0.3) is 36.8 Å². The molecule has 10 rings (SSSR count). The molecule has 0 fully saturated rings. The molecule has 14 heteroatoms. The minimum atomic E-state index is -0.264. The first kappa shape index (κ1) is 83.1. The van der Waals surface area contributed by atoms with E-state index in [1.165, 1.54) is 11.4 Å². The highest BCUT2D eigenvalue weighted by molar-refractivity contribution is 6.34. The summed E-state index contributed by atoms with van der Waals surface area (Å²) in [6.45, 7) is 58.6. The molecule has 568 valence electrons. The maximum absolute atomic E-state index is 10.7. The number of allylic oxidation sites excluding steroid dienone is 12. The molecule has 12 nitrogen and oxygen atoms in total. The largest absolute Gasteiger partial charge is 0.372 e. The van der Waals surface area contributed by atoms with Gasteiger partial charge in [0, 0.05) is 106 Å². The zero-order chi connectivity index (χ0) is 80.4. The lowest BCUT2D eigenvalue weighted by atomic mass is 9.71. The molecule has 7 aromatic carbocycles. The summed E-state index contributed by atoms with van der Waals surface area (Å²) in [5, 5.41) is 31.9. The predicted molar refractivity (Wildman–Crippen MR) is 469 cm³/mol. The van der Waals surface area contributed by atoms with Gasteiger partial charge in [-0.3, -0.25) is 0 Å². The quantitative estimate of drug-likeness (QED) is 0.0120. The fourth-order valence-electron chi connectivity index (χ4n) is 15.7. The average Bonchev–Trinajstić information content (AvgIpc) is 0.738. The maximum atomic E-state index is 10.7. The van der Waals surface area contributed by atoms with Crippen LogP contribution < -0.4 is 14.7 Å². The van der Waals surface area contributed by atoms with Crippen molar-refractivity contribution in [3.05, 3.63) is 311 Å². The van der Waals surface area contributed by atoms with Crippen molar-refractivity contribution in [2.45, 2.75) is 184 Å². The van der Waals surface area contributed by atoms with Crippen LogP contribution >= 0.6 is 23.2 Å². The van der Waals surface area contributed by atoms with Crippen LogP contribution in [0.15, 0.2) is 215 Å². The molecule has 0 bridgehead atoms. The van der Waals surface area contributed by atoms with E-state index in [0.717, 1.165) is 162 Å². The van der Waals surface area contributed by atoms with Gasteiger partial charge in [-0.2, -0.15) is 5.26 Å². The number of benzene rings is 7. The SMILES string of the molecule is [C-]#[N+]C(=Nc1cc2c(cc1C)N(Cc1ccc(C(C=CC=C(c3ccc(CN4c5cc(C)c(N=C(C#N)C(=C(C#N)[N+]#[C-])c6ccc(Cl)cc6)cc5C(C)C(C)C4(C)C)cc3)c3ccc(N(CCCC)CCCC)cc3)=C3C=CC(=[N+](CCCC)CCCC)C=C3)cc1)C(C)(C)CC2C)C(=C(C#N)[N+]#[C-])c1ccc(Cl)cc1. The van der Waals surface area contributed by atoms with Gasteiger partial charge in [-0.15, -0.1) is 4.99 Å². The van der Waals surface area contributed by atoms with Gasteiger partial charge in [0.15, 0.2) is 11.4 Å². The second kappa shape index (κ2) is 38.0. The third kappa shape index (κ3) is 19.1. The first-order chi connectivity index (χ1) is 54.0. The van der Waals surface area contributed by atoms with Crippen LogP contribution in [0.4, 0.5) is 28.4 Å². The van der Waals surface area contributed by atoms with E-state index in [1.54, 1.807) is 48.5 Å². The molecule has 0 amide bonds. The number of nitriles is 3. The first-order valence-corrected chi connectivity index (χ1v) is 40.2. The van der Waals surface area contributed by atoms with Crippen LogP contribution in [0.3, 0.4) is 0 Å².